The summed E-state index contributed by atoms with van der Waals surface area (Å²) in [6.45, 7) is 10.8. The minimum absolute atomic E-state index is 1.11. The molecule has 0 amide bonds. The Morgan fingerprint density at radius 2 is 1.69 bits per heavy atom. The third kappa shape index (κ3) is 9.51. The molecule has 0 rings (SSSR count). The fourth-order valence-corrected chi connectivity index (χ4v) is 1.43. The van der Waals surface area contributed by atoms with E-state index in [-0.39, 0.29) is 0 Å². The molecule has 0 saturated heterocycles. The molecule has 0 aromatic carbocycles. The lowest BCUT2D eigenvalue weighted by Gasteiger charge is -1.96. The van der Waals surface area contributed by atoms with Gasteiger partial charge in [0.15, 0.2) is 0 Å². The molecule has 0 spiro atoms. The molecule has 16 heavy (non-hydrogen) atoms. The molecule has 0 bridgehead atoms. The van der Waals surface area contributed by atoms with Gasteiger partial charge in [0.25, 0.3) is 0 Å². The normalized spacial score (nSPS) is 13.3. The first kappa shape index (κ1) is 15.0. The largest absolute Gasteiger partial charge is 0.0856 e. The Balaban J connectivity index is 4.04. The number of rotatable bonds is 6. The molecule has 0 aromatic rings. The van der Waals surface area contributed by atoms with Gasteiger partial charge in [-0.15, -0.1) is 0 Å². The molecule has 0 heteroatoms. The predicted molar refractivity (Wildman–Crippen MR) is 75.6 cm³/mol. The molecule has 90 valence electrons. The minimum Gasteiger partial charge on any atom is -0.0856 e. The van der Waals surface area contributed by atoms with Gasteiger partial charge in [-0.3, -0.25) is 0 Å². The van der Waals surface area contributed by atoms with Crippen LogP contribution in [0.4, 0.5) is 0 Å². The van der Waals surface area contributed by atoms with E-state index in [1.807, 2.05) is 0 Å². The van der Waals surface area contributed by atoms with E-state index in [2.05, 4.69) is 65.0 Å². The third-order valence-corrected chi connectivity index (χ3v) is 2.36. The number of allylic oxidation sites excluding steroid dienone is 8. The maximum atomic E-state index is 2.29. The second-order valence-electron chi connectivity index (χ2n) is 4.55. The first-order valence-electron chi connectivity index (χ1n) is 6.20. The first-order valence-corrected chi connectivity index (χ1v) is 6.20. The maximum absolute atomic E-state index is 2.29. The molecular formula is C16H26. The SMILES string of the molecule is CC/C=C(C)/C=C/C=C(\C)CCC=C(C)C. The van der Waals surface area contributed by atoms with Crippen molar-refractivity contribution in [1.29, 1.82) is 0 Å². The van der Waals surface area contributed by atoms with Crippen LogP contribution in [0.2, 0.25) is 0 Å². The average Bonchev–Trinajstić information content (AvgIpc) is 2.17. The highest BCUT2D eigenvalue weighted by Gasteiger charge is 1.86. The lowest BCUT2D eigenvalue weighted by molar-refractivity contribution is 0.967. The fourth-order valence-electron chi connectivity index (χ4n) is 1.43. The Morgan fingerprint density at radius 1 is 1.00 bits per heavy atom. The summed E-state index contributed by atoms with van der Waals surface area (Å²) in [5.41, 5.74) is 4.19. The molecule has 0 fully saturated rings. The quantitative estimate of drug-likeness (QED) is 0.402. The van der Waals surface area contributed by atoms with E-state index >= 15 is 0 Å². The van der Waals surface area contributed by atoms with Gasteiger partial charge < -0.3 is 0 Å². The van der Waals surface area contributed by atoms with Crippen molar-refractivity contribution in [2.45, 2.75) is 53.9 Å². The summed E-state index contributed by atoms with van der Waals surface area (Å²) in [6.07, 6.45) is 14.5. The van der Waals surface area contributed by atoms with Gasteiger partial charge in [-0.1, -0.05) is 54.0 Å². The van der Waals surface area contributed by atoms with Gasteiger partial charge in [-0.25, -0.2) is 0 Å². The second kappa shape index (κ2) is 9.21. The molecular weight excluding hydrogens is 192 g/mol. The third-order valence-electron chi connectivity index (χ3n) is 2.36. The minimum atomic E-state index is 1.11. The highest BCUT2D eigenvalue weighted by atomic mass is 13.9. The van der Waals surface area contributed by atoms with Crippen molar-refractivity contribution in [3.63, 3.8) is 0 Å². The highest BCUT2D eigenvalue weighted by molar-refractivity contribution is 5.22. The number of hydrogen-bond donors (Lipinski definition) is 0. The molecule has 0 unspecified atom stereocenters. The molecule has 0 aliphatic heterocycles. The van der Waals surface area contributed by atoms with Crippen LogP contribution in [0.25, 0.3) is 0 Å². The Kier molecular flexibility index (Phi) is 8.61. The molecule has 0 atom stereocenters. The predicted octanol–water partition coefficient (Wildman–Crippen LogP) is 5.59. The van der Waals surface area contributed by atoms with Gasteiger partial charge in [0.05, 0.1) is 0 Å². The van der Waals surface area contributed by atoms with Crippen LogP contribution >= 0.6 is 0 Å². The van der Waals surface area contributed by atoms with Crippen molar-refractivity contribution < 1.29 is 0 Å². The van der Waals surface area contributed by atoms with E-state index in [1.54, 1.807) is 0 Å². The first-order chi connectivity index (χ1) is 7.56. The van der Waals surface area contributed by atoms with E-state index < -0.39 is 0 Å². The molecule has 0 aliphatic carbocycles. The topological polar surface area (TPSA) is 0 Å². The van der Waals surface area contributed by atoms with Crippen LogP contribution in [-0.4, -0.2) is 0 Å². The zero-order valence-corrected chi connectivity index (χ0v) is 11.5. The van der Waals surface area contributed by atoms with Crippen LogP contribution in [0, 0.1) is 0 Å². The summed E-state index contributed by atoms with van der Waals surface area (Å²) in [4.78, 5) is 0. The van der Waals surface area contributed by atoms with Crippen molar-refractivity contribution in [2.24, 2.45) is 0 Å². The van der Waals surface area contributed by atoms with E-state index in [4.69, 9.17) is 0 Å². The van der Waals surface area contributed by atoms with Gasteiger partial charge in [-0.2, -0.15) is 0 Å². The molecule has 0 aliphatic rings. The molecule has 0 saturated carbocycles. The monoisotopic (exact) mass is 218 g/mol. The summed E-state index contributed by atoms with van der Waals surface area (Å²) in [5.74, 6) is 0. The lowest BCUT2D eigenvalue weighted by Crippen LogP contribution is -1.76. The summed E-state index contributed by atoms with van der Waals surface area (Å²) >= 11 is 0. The van der Waals surface area contributed by atoms with Gasteiger partial charge in [0, 0.05) is 0 Å². The highest BCUT2D eigenvalue weighted by Crippen LogP contribution is 2.07. The smallest absolute Gasteiger partial charge is 0.0285 e. The van der Waals surface area contributed by atoms with Gasteiger partial charge in [0.2, 0.25) is 0 Å². The summed E-state index contributed by atoms with van der Waals surface area (Å²) in [7, 11) is 0. The van der Waals surface area contributed by atoms with E-state index in [0.717, 1.165) is 19.3 Å². The van der Waals surface area contributed by atoms with Crippen LogP contribution < -0.4 is 0 Å². The lowest BCUT2D eigenvalue weighted by atomic mass is 10.1. The van der Waals surface area contributed by atoms with Crippen molar-refractivity contribution in [3.8, 4) is 0 Å². The fraction of sp³-hybridized carbons (Fsp3) is 0.500. The van der Waals surface area contributed by atoms with Crippen LogP contribution in [0.1, 0.15) is 53.9 Å². The second-order valence-corrected chi connectivity index (χ2v) is 4.55. The van der Waals surface area contributed by atoms with E-state index in [0.29, 0.717) is 0 Å². The molecule has 0 nitrogen and oxygen atoms in total. The Hall–Kier alpha value is -1.04. The number of hydrogen-bond acceptors (Lipinski definition) is 0. The Morgan fingerprint density at radius 3 is 2.25 bits per heavy atom. The van der Waals surface area contributed by atoms with E-state index in [1.165, 1.54) is 16.7 Å². The molecule has 0 heterocycles. The zero-order chi connectivity index (χ0) is 12.4. The van der Waals surface area contributed by atoms with Gasteiger partial charge in [-0.05, 0) is 47.0 Å². The molecule has 0 N–H and O–H groups in total. The van der Waals surface area contributed by atoms with Crippen LogP contribution in [0.3, 0.4) is 0 Å². The van der Waals surface area contributed by atoms with Crippen molar-refractivity contribution in [1.82, 2.24) is 0 Å². The average molecular weight is 218 g/mol. The molecule has 0 aromatic heterocycles. The van der Waals surface area contributed by atoms with Gasteiger partial charge in [0.1, 0.15) is 0 Å². The van der Waals surface area contributed by atoms with Crippen molar-refractivity contribution in [3.05, 3.63) is 47.1 Å². The Labute approximate surface area is 101 Å². The van der Waals surface area contributed by atoms with E-state index in [9.17, 15) is 0 Å². The van der Waals surface area contributed by atoms with Crippen LogP contribution in [0.15, 0.2) is 47.1 Å². The summed E-state index contributed by atoms with van der Waals surface area (Å²) < 4.78 is 0. The van der Waals surface area contributed by atoms with Crippen LogP contribution in [0.5, 0.6) is 0 Å². The summed E-state index contributed by atoms with van der Waals surface area (Å²) in [5, 5.41) is 0. The molecule has 0 radical (unpaired) electrons. The van der Waals surface area contributed by atoms with Crippen LogP contribution in [-0.2, 0) is 0 Å². The zero-order valence-electron chi connectivity index (χ0n) is 11.5. The Bertz CT molecular complexity index is 294. The van der Waals surface area contributed by atoms with Crippen molar-refractivity contribution in [2.75, 3.05) is 0 Å². The van der Waals surface area contributed by atoms with Gasteiger partial charge >= 0.3 is 0 Å². The maximum Gasteiger partial charge on any atom is -0.0285 e. The van der Waals surface area contributed by atoms with Crippen molar-refractivity contribution >= 4 is 0 Å². The standard InChI is InChI=1S/C16H26/c1-6-9-15(4)12-8-13-16(5)11-7-10-14(2)3/h8-10,12-13H,6-7,11H2,1-5H3/b12-8+,15-9+,16-13+. The summed E-state index contributed by atoms with van der Waals surface area (Å²) in [6, 6.07) is 0.